The first-order valence-electron chi connectivity index (χ1n) is 5.83. The van der Waals surface area contributed by atoms with Crippen LogP contribution in [0.2, 0.25) is 0 Å². The quantitative estimate of drug-likeness (QED) is 0.812. The van der Waals surface area contributed by atoms with Gasteiger partial charge in [0.2, 0.25) is 0 Å². The molecule has 0 spiro atoms. The van der Waals surface area contributed by atoms with Crippen molar-refractivity contribution in [2.75, 3.05) is 26.4 Å². The highest BCUT2D eigenvalue weighted by Crippen LogP contribution is 2.10. The van der Waals surface area contributed by atoms with Crippen LogP contribution in [0.5, 0.6) is 0 Å². The molecule has 0 fully saturated rings. The van der Waals surface area contributed by atoms with Crippen molar-refractivity contribution in [2.45, 2.75) is 17.7 Å². The summed E-state index contributed by atoms with van der Waals surface area (Å²) in [7, 11) is 2.98. The van der Waals surface area contributed by atoms with Gasteiger partial charge in [-0.2, -0.15) is 0 Å². The van der Waals surface area contributed by atoms with Crippen molar-refractivity contribution in [3.8, 4) is 0 Å². The number of hydrogen-bond acceptors (Lipinski definition) is 3. The summed E-state index contributed by atoms with van der Waals surface area (Å²) >= 11 is 0. The number of benzene rings is 1. The number of carbonyl (C=O) groups is 1. The fraction of sp³-hybridized carbons (Fsp3) is 0.462. The summed E-state index contributed by atoms with van der Waals surface area (Å²) in [4.78, 5) is 13.4. The zero-order valence-electron chi connectivity index (χ0n) is 10.8. The summed E-state index contributed by atoms with van der Waals surface area (Å²) in [5, 5.41) is 8.65. The van der Waals surface area contributed by atoms with E-state index in [1.807, 2.05) is 14.1 Å². The Morgan fingerprint density at radius 1 is 1.28 bits per heavy atom. The Morgan fingerprint density at radius 3 is 2.39 bits per heavy atom. The maximum Gasteiger partial charge on any atom is 0.307 e. The Bertz CT molecular complexity index is 415. The summed E-state index contributed by atoms with van der Waals surface area (Å²) < 4.78 is 11.9. The molecule has 0 aliphatic carbocycles. The lowest BCUT2D eigenvalue weighted by Gasteiger charge is -2.08. The molecule has 0 saturated heterocycles. The normalized spacial score (nSPS) is 12.6. The van der Waals surface area contributed by atoms with Gasteiger partial charge in [-0.3, -0.25) is 9.00 Å². The van der Waals surface area contributed by atoms with Crippen LogP contribution in [0, 0.1) is 0 Å². The summed E-state index contributed by atoms with van der Waals surface area (Å²) in [5.74, 6) is -0.217. The van der Waals surface area contributed by atoms with E-state index in [4.69, 9.17) is 5.11 Å². The molecule has 4 nitrogen and oxygen atoms in total. The van der Waals surface area contributed by atoms with Crippen molar-refractivity contribution in [2.24, 2.45) is 0 Å². The van der Waals surface area contributed by atoms with Gasteiger partial charge in [0.25, 0.3) is 0 Å². The highest BCUT2D eigenvalue weighted by Gasteiger charge is 2.05. The SMILES string of the molecule is CN(C)CCCS(=O)c1ccc(CC(=O)O)cc1. The standard InChI is InChI=1S/C13H19NO3S/c1-14(2)8-3-9-18(17)12-6-4-11(5-7-12)10-13(15)16/h4-7H,3,8-10H2,1-2H3,(H,15,16). The van der Waals surface area contributed by atoms with Crippen LogP contribution in [-0.4, -0.2) is 46.6 Å². The van der Waals surface area contributed by atoms with Crippen LogP contribution in [0.3, 0.4) is 0 Å². The van der Waals surface area contributed by atoms with Crippen molar-refractivity contribution in [3.63, 3.8) is 0 Å². The number of hydrogen-bond donors (Lipinski definition) is 1. The van der Waals surface area contributed by atoms with E-state index in [9.17, 15) is 9.00 Å². The van der Waals surface area contributed by atoms with Gasteiger partial charge in [-0.15, -0.1) is 0 Å². The van der Waals surface area contributed by atoms with E-state index in [1.165, 1.54) is 0 Å². The van der Waals surface area contributed by atoms with Crippen LogP contribution in [-0.2, 0) is 22.0 Å². The molecule has 1 unspecified atom stereocenters. The highest BCUT2D eigenvalue weighted by molar-refractivity contribution is 7.85. The van der Waals surface area contributed by atoms with Crippen molar-refractivity contribution in [1.29, 1.82) is 0 Å². The molecule has 1 aromatic carbocycles. The number of nitrogens with zero attached hydrogens (tertiary/aromatic N) is 1. The van der Waals surface area contributed by atoms with Gasteiger partial charge in [-0.05, 0) is 44.8 Å². The maximum atomic E-state index is 11.9. The van der Waals surface area contributed by atoms with Gasteiger partial charge in [0, 0.05) is 10.6 Å². The molecule has 0 heterocycles. The first-order valence-corrected chi connectivity index (χ1v) is 7.15. The summed E-state index contributed by atoms with van der Waals surface area (Å²) in [6, 6.07) is 6.97. The summed E-state index contributed by atoms with van der Waals surface area (Å²) in [5.41, 5.74) is 0.733. The highest BCUT2D eigenvalue weighted by atomic mass is 32.2. The topological polar surface area (TPSA) is 57.6 Å². The zero-order valence-corrected chi connectivity index (χ0v) is 11.6. The average molecular weight is 269 g/mol. The van der Waals surface area contributed by atoms with Crippen molar-refractivity contribution >= 4 is 16.8 Å². The molecular weight excluding hydrogens is 250 g/mol. The van der Waals surface area contributed by atoms with E-state index in [1.54, 1.807) is 24.3 Å². The van der Waals surface area contributed by atoms with Gasteiger partial charge in [0.1, 0.15) is 0 Å². The third kappa shape index (κ3) is 5.42. The van der Waals surface area contributed by atoms with Gasteiger partial charge in [0.15, 0.2) is 0 Å². The maximum absolute atomic E-state index is 11.9. The molecule has 0 bridgehead atoms. The second kappa shape index (κ2) is 7.28. The summed E-state index contributed by atoms with van der Waals surface area (Å²) in [6.45, 7) is 0.919. The molecule has 0 saturated carbocycles. The zero-order chi connectivity index (χ0) is 13.5. The number of carboxylic acids is 1. The van der Waals surface area contributed by atoms with Crippen LogP contribution in [0.15, 0.2) is 29.2 Å². The van der Waals surface area contributed by atoms with Crippen molar-refractivity contribution in [3.05, 3.63) is 29.8 Å². The van der Waals surface area contributed by atoms with Crippen LogP contribution < -0.4 is 0 Å². The van der Waals surface area contributed by atoms with Crippen LogP contribution in [0.1, 0.15) is 12.0 Å². The average Bonchev–Trinajstić information content (AvgIpc) is 2.28. The Balaban J connectivity index is 2.51. The lowest BCUT2D eigenvalue weighted by atomic mass is 10.2. The molecule has 0 aliphatic rings. The van der Waals surface area contributed by atoms with Crippen LogP contribution >= 0.6 is 0 Å². The monoisotopic (exact) mass is 269 g/mol. The molecule has 0 amide bonds. The van der Waals surface area contributed by atoms with E-state index in [0.29, 0.717) is 5.75 Å². The smallest absolute Gasteiger partial charge is 0.307 e. The largest absolute Gasteiger partial charge is 0.481 e. The minimum absolute atomic E-state index is 0.00748. The molecule has 0 aliphatic heterocycles. The lowest BCUT2D eigenvalue weighted by molar-refractivity contribution is -0.136. The van der Waals surface area contributed by atoms with E-state index >= 15 is 0 Å². The van der Waals surface area contributed by atoms with E-state index in [0.717, 1.165) is 23.4 Å². The first kappa shape index (κ1) is 14.9. The summed E-state index contributed by atoms with van der Waals surface area (Å²) in [6.07, 6.45) is 0.893. The van der Waals surface area contributed by atoms with E-state index < -0.39 is 16.8 Å². The van der Waals surface area contributed by atoms with Gasteiger partial charge in [-0.25, -0.2) is 0 Å². The second-order valence-electron chi connectivity index (χ2n) is 4.42. The third-order valence-corrected chi connectivity index (χ3v) is 3.93. The molecular formula is C13H19NO3S. The molecule has 1 N–H and O–H groups in total. The van der Waals surface area contributed by atoms with E-state index in [2.05, 4.69) is 4.90 Å². The predicted molar refractivity (Wildman–Crippen MR) is 72.2 cm³/mol. The Kier molecular flexibility index (Phi) is 6.01. The molecule has 0 radical (unpaired) electrons. The van der Waals surface area contributed by atoms with Gasteiger partial charge >= 0.3 is 5.97 Å². The number of rotatable bonds is 7. The van der Waals surface area contributed by atoms with Gasteiger partial charge in [-0.1, -0.05) is 12.1 Å². The number of carboxylic acid groups (broad SMARTS) is 1. The fourth-order valence-electron chi connectivity index (χ4n) is 1.56. The molecule has 5 heteroatoms. The predicted octanol–water partition coefficient (Wildman–Crippen LogP) is 1.37. The molecule has 1 rings (SSSR count). The second-order valence-corrected chi connectivity index (χ2v) is 5.99. The van der Waals surface area contributed by atoms with Gasteiger partial charge in [0.05, 0.1) is 17.2 Å². The minimum Gasteiger partial charge on any atom is -0.481 e. The van der Waals surface area contributed by atoms with Crippen LogP contribution in [0.4, 0.5) is 0 Å². The Hall–Kier alpha value is -1.20. The van der Waals surface area contributed by atoms with Crippen LogP contribution in [0.25, 0.3) is 0 Å². The number of aliphatic carboxylic acids is 1. The fourth-order valence-corrected chi connectivity index (χ4v) is 2.63. The van der Waals surface area contributed by atoms with Gasteiger partial charge < -0.3 is 10.0 Å². The molecule has 0 aromatic heterocycles. The lowest BCUT2D eigenvalue weighted by Crippen LogP contribution is -2.15. The van der Waals surface area contributed by atoms with Crippen molar-refractivity contribution < 1.29 is 14.1 Å². The Morgan fingerprint density at radius 2 is 1.89 bits per heavy atom. The molecule has 1 atom stereocenters. The van der Waals surface area contributed by atoms with E-state index in [-0.39, 0.29) is 6.42 Å². The first-order chi connectivity index (χ1) is 8.49. The third-order valence-electron chi connectivity index (χ3n) is 2.48. The minimum atomic E-state index is -0.995. The molecule has 1 aromatic rings. The Labute approximate surface area is 110 Å². The van der Waals surface area contributed by atoms with Crippen molar-refractivity contribution in [1.82, 2.24) is 4.90 Å². The molecule has 18 heavy (non-hydrogen) atoms. The molecule has 100 valence electrons.